The van der Waals surface area contributed by atoms with Crippen LogP contribution in [0.1, 0.15) is 11.1 Å². The van der Waals surface area contributed by atoms with Gasteiger partial charge in [0.25, 0.3) is 0 Å². The minimum Gasteiger partial charge on any atom is -0.396 e. The monoisotopic (exact) mass is 340 g/mol. The Balaban J connectivity index is 2.04. The van der Waals surface area contributed by atoms with Crippen LogP contribution < -0.4 is 0 Å². The molecule has 0 spiro atoms. The molecule has 1 N–H and O–H groups in total. The van der Waals surface area contributed by atoms with Crippen molar-refractivity contribution in [2.75, 3.05) is 6.61 Å². The van der Waals surface area contributed by atoms with Crippen molar-refractivity contribution in [3.05, 3.63) is 69.7 Å². The maximum Gasteiger partial charge on any atom is 0.137 e. The van der Waals surface area contributed by atoms with E-state index in [1.165, 1.54) is 18.2 Å². The Hall–Kier alpha value is -1.26. The topological polar surface area (TPSA) is 20.2 Å². The van der Waals surface area contributed by atoms with Crippen molar-refractivity contribution in [2.24, 2.45) is 5.92 Å². The lowest BCUT2D eigenvalue weighted by molar-refractivity contribution is 0.225. The van der Waals surface area contributed by atoms with E-state index in [1.54, 1.807) is 24.3 Å². The molecule has 0 fully saturated rings. The lowest BCUT2D eigenvalue weighted by Gasteiger charge is -2.14. The van der Waals surface area contributed by atoms with E-state index in [1.807, 2.05) is 0 Å². The van der Waals surface area contributed by atoms with E-state index in [9.17, 15) is 13.9 Å². The molecule has 0 aromatic heterocycles. The molecule has 2 aromatic carbocycles. The summed E-state index contributed by atoms with van der Waals surface area (Å²) in [5, 5.41) is 9.47. The predicted molar refractivity (Wildman–Crippen MR) is 78.5 cm³/mol. The molecule has 0 aliphatic rings. The number of hydrogen-bond donors (Lipinski definition) is 1. The second-order valence-corrected chi connectivity index (χ2v) is 5.69. The first-order valence-corrected chi connectivity index (χ1v) is 7.17. The van der Waals surface area contributed by atoms with Crippen LogP contribution in [-0.4, -0.2) is 11.7 Å². The molecule has 0 aliphatic carbocycles. The van der Waals surface area contributed by atoms with Gasteiger partial charge in [-0.25, -0.2) is 8.78 Å². The highest BCUT2D eigenvalue weighted by molar-refractivity contribution is 9.10. The van der Waals surface area contributed by atoms with E-state index < -0.39 is 0 Å². The van der Waals surface area contributed by atoms with Crippen LogP contribution in [0.25, 0.3) is 0 Å². The van der Waals surface area contributed by atoms with E-state index in [0.29, 0.717) is 17.3 Å². The number of aliphatic hydroxyl groups excluding tert-OH is 1. The van der Waals surface area contributed by atoms with Crippen molar-refractivity contribution in [1.82, 2.24) is 0 Å². The Labute approximate surface area is 125 Å². The first-order valence-electron chi connectivity index (χ1n) is 6.37. The minimum absolute atomic E-state index is 0.0258. The van der Waals surface area contributed by atoms with Crippen molar-refractivity contribution < 1.29 is 13.9 Å². The summed E-state index contributed by atoms with van der Waals surface area (Å²) < 4.78 is 26.4. The van der Waals surface area contributed by atoms with Gasteiger partial charge in [-0.15, -0.1) is 0 Å². The second-order valence-electron chi connectivity index (χ2n) is 4.83. The molecule has 4 heteroatoms. The van der Waals surface area contributed by atoms with Crippen molar-refractivity contribution in [3.8, 4) is 0 Å². The third-order valence-electron chi connectivity index (χ3n) is 3.20. The Morgan fingerprint density at radius 3 is 2.15 bits per heavy atom. The molecule has 0 amide bonds. The fourth-order valence-corrected chi connectivity index (χ4v) is 2.58. The Morgan fingerprint density at radius 2 is 1.55 bits per heavy atom. The molecule has 1 unspecified atom stereocenters. The van der Waals surface area contributed by atoms with Crippen LogP contribution in [0.15, 0.2) is 46.9 Å². The first-order chi connectivity index (χ1) is 9.58. The fourth-order valence-electron chi connectivity index (χ4n) is 2.16. The van der Waals surface area contributed by atoms with Crippen molar-refractivity contribution in [2.45, 2.75) is 12.8 Å². The lowest BCUT2D eigenvalue weighted by Crippen LogP contribution is -2.13. The van der Waals surface area contributed by atoms with Gasteiger partial charge in [0, 0.05) is 6.61 Å². The summed E-state index contributed by atoms with van der Waals surface area (Å²) in [6.07, 6.45) is 1.30. The van der Waals surface area contributed by atoms with Gasteiger partial charge in [0.1, 0.15) is 11.6 Å². The molecule has 2 aromatic rings. The van der Waals surface area contributed by atoms with Gasteiger partial charge in [-0.2, -0.15) is 0 Å². The summed E-state index contributed by atoms with van der Waals surface area (Å²) in [4.78, 5) is 0. The zero-order chi connectivity index (χ0) is 14.5. The highest BCUT2D eigenvalue weighted by Crippen LogP contribution is 2.20. The lowest BCUT2D eigenvalue weighted by atomic mass is 9.93. The standard InChI is InChI=1S/C16H15BrF2O/c17-15-9-12(3-6-16(15)19)8-13(10-20)7-11-1-4-14(18)5-2-11/h1-6,9,13,20H,7-8,10H2. The van der Waals surface area contributed by atoms with Gasteiger partial charge in [-0.1, -0.05) is 18.2 Å². The summed E-state index contributed by atoms with van der Waals surface area (Å²) in [5.74, 6) is -0.539. The van der Waals surface area contributed by atoms with Crippen LogP contribution in [0, 0.1) is 17.6 Å². The predicted octanol–water partition coefficient (Wildman–Crippen LogP) is 4.12. The molecule has 2 rings (SSSR count). The molecule has 20 heavy (non-hydrogen) atoms. The van der Waals surface area contributed by atoms with Gasteiger partial charge in [0.15, 0.2) is 0 Å². The summed E-state index contributed by atoms with van der Waals surface area (Å²) >= 11 is 3.15. The van der Waals surface area contributed by atoms with E-state index in [-0.39, 0.29) is 24.2 Å². The SMILES string of the molecule is OCC(Cc1ccc(F)cc1)Cc1ccc(F)c(Br)c1. The summed E-state index contributed by atoms with van der Waals surface area (Å²) in [7, 11) is 0. The van der Waals surface area contributed by atoms with Crippen LogP contribution >= 0.6 is 15.9 Å². The zero-order valence-electron chi connectivity index (χ0n) is 10.8. The molecular formula is C16H15BrF2O. The molecule has 0 radical (unpaired) electrons. The van der Waals surface area contributed by atoms with Gasteiger partial charge < -0.3 is 5.11 Å². The van der Waals surface area contributed by atoms with Gasteiger partial charge >= 0.3 is 0 Å². The maximum atomic E-state index is 13.2. The molecule has 0 saturated heterocycles. The largest absolute Gasteiger partial charge is 0.396 e. The normalized spacial score (nSPS) is 12.4. The average Bonchev–Trinajstić information content (AvgIpc) is 2.44. The van der Waals surface area contributed by atoms with Gasteiger partial charge in [0.2, 0.25) is 0 Å². The van der Waals surface area contributed by atoms with Crippen LogP contribution in [0.2, 0.25) is 0 Å². The average molecular weight is 341 g/mol. The Bertz CT molecular complexity index is 569. The third-order valence-corrected chi connectivity index (χ3v) is 3.81. The van der Waals surface area contributed by atoms with Crippen molar-refractivity contribution in [3.63, 3.8) is 0 Å². The number of aliphatic hydroxyl groups is 1. The molecule has 0 bridgehead atoms. The molecule has 1 atom stereocenters. The van der Waals surface area contributed by atoms with E-state index in [0.717, 1.165) is 11.1 Å². The van der Waals surface area contributed by atoms with Crippen LogP contribution in [0.4, 0.5) is 8.78 Å². The maximum absolute atomic E-state index is 13.2. The van der Waals surface area contributed by atoms with E-state index in [4.69, 9.17) is 0 Å². The summed E-state index contributed by atoms with van der Waals surface area (Å²) in [6, 6.07) is 11.1. The molecule has 0 aliphatic heterocycles. The van der Waals surface area contributed by atoms with Crippen molar-refractivity contribution in [1.29, 1.82) is 0 Å². The fraction of sp³-hybridized carbons (Fsp3) is 0.250. The Morgan fingerprint density at radius 1 is 0.950 bits per heavy atom. The molecule has 106 valence electrons. The molecular weight excluding hydrogens is 326 g/mol. The van der Waals surface area contributed by atoms with Crippen LogP contribution in [0.3, 0.4) is 0 Å². The Kier molecular flexibility index (Phi) is 5.26. The second kappa shape index (κ2) is 6.95. The van der Waals surface area contributed by atoms with Crippen molar-refractivity contribution >= 4 is 15.9 Å². The number of rotatable bonds is 5. The number of benzene rings is 2. The number of halogens is 3. The van der Waals surface area contributed by atoms with Gasteiger partial charge in [0.05, 0.1) is 4.47 Å². The minimum atomic E-state index is -0.298. The smallest absolute Gasteiger partial charge is 0.137 e. The van der Waals surface area contributed by atoms with Gasteiger partial charge in [-0.05, 0) is 70.1 Å². The van der Waals surface area contributed by atoms with E-state index in [2.05, 4.69) is 15.9 Å². The summed E-state index contributed by atoms with van der Waals surface area (Å²) in [6.45, 7) is 0.0341. The number of hydrogen-bond acceptors (Lipinski definition) is 1. The highest BCUT2D eigenvalue weighted by Gasteiger charge is 2.11. The van der Waals surface area contributed by atoms with Gasteiger partial charge in [-0.3, -0.25) is 0 Å². The highest BCUT2D eigenvalue weighted by atomic mass is 79.9. The zero-order valence-corrected chi connectivity index (χ0v) is 12.4. The first kappa shape index (κ1) is 15.1. The van der Waals surface area contributed by atoms with E-state index >= 15 is 0 Å². The quantitative estimate of drug-likeness (QED) is 0.867. The summed E-state index contributed by atoms with van der Waals surface area (Å²) in [5.41, 5.74) is 1.94. The van der Waals surface area contributed by atoms with Crippen LogP contribution in [-0.2, 0) is 12.8 Å². The molecule has 0 saturated carbocycles. The van der Waals surface area contributed by atoms with Crippen LogP contribution in [0.5, 0.6) is 0 Å². The molecule has 1 nitrogen and oxygen atoms in total. The molecule has 0 heterocycles. The third kappa shape index (κ3) is 4.12.